The number of piperidine rings is 1. The van der Waals surface area contributed by atoms with E-state index < -0.39 is 10.0 Å². The molecule has 0 bridgehead atoms. The average molecular weight is 270 g/mol. The van der Waals surface area contributed by atoms with E-state index in [1.165, 1.54) is 10.5 Å². The molecule has 1 aromatic rings. The summed E-state index contributed by atoms with van der Waals surface area (Å²) in [5.41, 5.74) is 6.25. The van der Waals surface area contributed by atoms with E-state index in [1.54, 1.807) is 13.0 Å². The van der Waals surface area contributed by atoms with E-state index in [-0.39, 0.29) is 5.16 Å². The normalized spacial score (nSPS) is 19.0. The molecule has 2 N–H and O–H groups in total. The number of aromatic nitrogens is 2. The van der Waals surface area contributed by atoms with Crippen LogP contribution < -0.4 is 5.73 Å². The first-order valence-corrected chi connectivity index (χ1v) is 7.48. The quantitative estimate of drug-likeness (QED) is 0.789. The number of nitrogens with zero attached hydrogens (tertiary/aromatic N) is 3. The van der Waals surface area contributed by atoms with E-state index in [2.05, 4.69) is 9.97 Å². The summed E-state index contributed by atoms with van der Waals surface area (Å²) in [5, 5.41) is -0.103. The molecule has 0 amide bonds. The molecule has 1 aromatic heterocycles. The maximum Gasteiger partial charge on any atom is 0.278 e. The van der Waals surface area contributed by atoms with Gasteiger partial charge in [0.05, 0.1) is 0 Å². The molecule has 2 rings (SSSR count). The van der Waals surface area contributed by atoms with Gasteiger partial charge in [0, 0.05) is 25.0 Å². The Hall–Kier alpha value is -1.05. The van der Waals surface area contributed by atoms with Crippen molar-refractivity contribution in [3.05, 3.63) is 18.0 Å². The second-order valence-corrected chi connectivity index (χ2v) is 6.40. The maximum absolute atomic E-state index is 12.3. The number of nitrogens with two attached hydrogens (primary N) is 1. The Morgan fingerprint density at radius 2 is 2.11 bits per heavy atom. The molecule has 0 atom stereocenters. The van der Waals surface area contributed by atoms with Crippen LogP contribution in [0.5, 0.6) is 0 Å². The molecule has 0 spiro atoms. The number of sulfonamides is 1. The van der Waals surface area contributed by atoms with Gasteiger partial charge in [0.15, 0.2) is 0 Å². The van der Waals surface area contributed by atoms with Crippen LogP contribution in [0.15, 0.2) is 17.4 Å². The molecule has 0 aromatic carbocycles. The fourth-order valence-electron chi connectivity index (χ4n) is 2.05. The minimum Gasteiger partial charge on any atom is -0.330 e. The van der Waals surface area contributed by atoms with E-state index in [4.69, 9.17) is 5.73 Å². The van der Waals surface area contributed by atoms with Gasteiger partial charge in [-0.2, -0.15) is 4.31 Å². The molecule has 7 heteroatoms. The third-order valence-corrected chi connectivity index (χ3v) is 4.95. The van der Waals surface area contributed by atoms with Crippen LogP contribution in [-0.4, -0.2) is 42.3 Å². The van der Waals surface area contributed by atoms with Crippen molar-refractivity contribution >= 4 is 10.0 Å². The van der Waals surface area contributed by atoms with E-state index >= 15 is 0 Å². The lowest BCUT2D eigenvalue weighted by atomic mass is 9.99. The number of aryl methyl sites for hydroxylation is 1. The van der Waals surface area contributed by atoms with Gasteiger partial charge >= 0.3 is 0 Å². The van der Waals surface area contributed by atoms with Crippen molar-refractivity contribution in [2.24, 2.45) is 11.7 Å². The molecule has 1 aliphatic heterocycles. The minimum absolute atomic E-state index is 0.103. The highest BCUT2D eigenvalue weighted by molar-refractivity contribution is 7.88. The monoisotopic (exact) mass is 270 g/mol. The van der Waals surface area contributed by atoms with Crippen LogP contribution in [0, 0.1) is 12.8 Å². The first-order chi connectivity index (χ1) is 8.54. The van der Waals surface area contributed by atoms with Crippen molar-refractivity contribution in [1.29, 1.82) is 0 Å². The predicted molar refractivity (Wildman–Crippen MR) is 67.3 cm³/mol. The van der Waals surface area contributed by atoms with E-state index in [9.17, 15) is 8.42 Å². The Morgan fingerprint density at radius 1 is 1.44 bits per heavy atom. The minimum atomic E-state index is -3.55. The highest BCUT2D eigenvalue weighted by atomic mass is 32.2. The fraction of sp³-hybridized carbons (Fsp3) is 0.636. The molecule has 2 heterocycles. The third-order valence-electron chi connectivity index (χ3n) is 3.25. The van der Waals surface area contributed by atoms with Crippen LogP contribution in [-0.2, 0) is 10.0 Å². The van der Waals surface area contributed by atoms with Crippen LogP contribution in [0.25, 0.3) is 0 Å². The van der Waals surface area contributed by atoms with Gasteiger partial charge in [-0.3, -0.25) is 0 Å². The largest absolute Gasteiger partial charge is 0.330 e. The molecule has 1 saturated heterocycles. The zero-order chi connectivity index (χ0) is 13.2. The molecule has 0 saturated carbocycles. The lowest BCUT2D eigenvalue weighted by Crippen LogP contribution is -2.40. The standard InChI is InChI=1S/C11H18N4O2S/c1-9-2-5-13-11(14-9)18(16,17)15-6-3-10(8-12)4-7-15/h2,5,10H,3-4,6-8,12H2,1H3. The first kappa shape index (κ1) is 13.4. The van der Waals surface area contributed by atoms with Crippen molar-refractivity contribution < 1.29 is 8.42 Å². The number of hydrogen-bond acceptors (Lipinski definition) is 5. The van der Waals surface area contributed by atoms with E-state index in [1.807, 2.05) is 0 Å². The smallest absolute Gasteiger partial charge is 0.278 e. The van der Waals surface area contributed by atoms with Crippen LogP contribution >= 0.6 is 0 Å². The van der Waals surface area contributed by atoms with Crippen LogP contribution in [0.3, 0.4) is 0 Å². The number of rotatable bonds is 3. The Kier molecular flexibility index (Phi) is 3.94. The SMILES string of the molecule is Cc1ccnc(S(=O)(=O)N2CCC(CN)CC2)n1. The molecule has 0 aliphatic carbocycles. The van der Waals surface area contributed by atoms with E-state index in [0.29, 0.717) is 31.2 Å². The summed E-state index contributed by atoms with van der Waals surface area (Å²) < 4.78 is 26.1. The highest BCUT2D eigenvalue weighted by Gasteiger charge is 2.30. The van der Waals surface area contributed by atoms with Crippen molar-refractivity contribution in [2.75, 3.05) is 19.6 Å². The summed E-state index contributed by atoms with van der Waals surface area (Å²) in [6.07, 6.45) is 3.09. The Labute approximate surface area is 107 Å². The highest BCUT2D eigenvalue weighted by Crippen LogP contribution is 2.21. The average Bonchev–Trinajstić information content (AvgIpc) is 2.39. The Morgan fingerprint density at radius 3 is 2.67 bits per heavy atom. The van der Waals surface area contributed by atoms with Crippen molar-refractivity contribution in [2.45, 2.75) is 24.9 Å². The van der Waals surface area contributed by atoms with Crippen molar-refractivity contribution in [1.82, 2.24) is 14.3 Å². The molecule has 100 valence electrons. The molecule has 1 aliphatic rings. The van der Waals surface area contributed by atoms with Crippen molar-refractivity contribution in [3.8, 4) is 0 Å². The van der Waals surface area contributed by atoms with Gasteiger partial charge in [0.2, 0.25) is 0 Å². The lowest BCUT2D eigenvalue weighted by Gasteiger charge is -2.29. The molecular weight excluding hydrogens is 252 g/mol. The molecule has 1 fully saturated rings. The van der Waals surface area contributed by atoms with Gasteiger partial charge in [-0.25, -0.2) is 18.4 Å². The molecular formula is C11H18N4O2S. The summed E-state index contributed by atoms with van der Waals surface area (Å²) in [4.78, 5) is 7.85. The van der Waals surface area contributed by atoms with E-state index in [0.717, 1.165) is 12.8 Å². The van der Waals surface area contributed by atoms with Crippen LogP contribution in [0.2, 0.25) is 0 Å². The molecule has 6 nitrogen and oxygen atoms in total. The summed E-state index contributed by atoms with van der Waals surface area (Å²) in [6.45, 7) is 3.37. The predicted octanol–water partition coefficient (Wildman–Crippen LogP) is 0.144. The van der Waals surface area contributed by atoms with Gasteiger partial charge in [0.25, 0.3) is 15.2 Å². The van der Waals surface area contributed by atoms with Gasteiger partial charge in [-0.1, -0.05) is 0 Å². The van der Waals surface area contributed by atoms with Crippen molar-refractivity contribution in [3.63, 3.8) is 0 Å². The van der Waals surface area contributed by atoms with Gasteiger partial charge in [0.1, 0.15) is 0 Å². The third kappa shape index (κ3) is 2.68. The summed E-state index contributed by atoms with van der Waals surface area (Å²) in [5.74, 6) is 0.426. The zero-order valence-electron chi connectivity index (χ0n) is 10.4. The van der Waals surface area contributed by atoms with Gasteiger partial charge in [-0.05, 0) is 38.3 Å². The van der Waals surface area contributed by atoms with Crippen LogP contribution in [0.4, 0.5) is 0 Å². The summed E-state index contributed by atoms with van der Waals surface area (Å²) in [6, 6.07) is 1.68. The topological polar surface area (TPSA) is 89.2 Å². The van der Waals surface area contributed by atoms with Gasteiger partial charge in [-0.15, -0.1) is 0 Å². The molecule has 18 heavy (non-hydrogen) atoms. The van der Waals surface area contributed by atoms with Gasteiger partial charge < -0.3 is 5.73 Å². The first-order valence-electron chi connectivity index (χ1n) is 6.04. The fourth-order valence-corrected chi connectivity index (χ4v) is 3.43. The second kappa shape index (κ2) is 5.29. The Bertz CT molecular complexity index is 510. The second-order valence-electron chi connectivity index (χ2n) is 4.56. The lowest BCUT2D eigenvalue weighted by molar-refractivity contribution is 0.277. The maximum atomic E-state index is 12.3. The van der Waals surface area contributed by atoms with Crippen LogP contribution in [0.1, 0.15) is 18.5 Å². The Balaban J connectivity index is 2.17. The molecule has 0 unspecified atom stereocenters. The number of hydrogen-bond donors (Lipinski definition) is 1. The summed E-state index contributed by atoms with van der Waals surface area (Å²) >= 11 is 0. The molecule has 0 radical (unpaired) electrons. The summed E-state index contributed by atoms with van der Waals surface area (Å²) in [7, 11) is -3.55. The zero-order valence-corrected chi connectivity index (χ0v) is 11.2.